The Morgan fingerprint density at radius 2 is 1.85 bits per heavy atom. The average Bonchev–Trinajstić information content (AvgIpc) is 2.61. The van der Waals surface area contributed by atoms with E-state index in [0.717, 1.165) is 12.4 Å². The SMILES string of the molecule is CCNc1nc(NC2CCCCCC2C)c(Cl)cc1Cl. The molecule has 0 aliphatic heterocycles. The Kier molecular flexibility index (Phi) is 5.79. The maximum absolute atomic E-state index is 6.27. The van der Waals surface area contributed by atoms with Gasteiger partial charge in [-0.05, 0) is 31.7 Å². The molecule has 20 heavy (non-hydrogen) atoms. The van der Waals surface area contributed by atoms with E-state index in [9.17, 15) is 0 Å². The fourth-order valence-corrected chi connectivity index (χ4v) is 3.22. The van der Waals surface area contributed by atoms with Crippen LogP contribution < -0.4 is 10.6 Å². The van der Waals surface area contributed by atoms with Gasteiger partial charge in [0, 0.05) is 12.6 Å². The Balaban J connectivity index is 2.16. The zero-order valence-electron chi connectivity index (χ0n) is 12.2. The summed E-state index contributed by atoms with van der Waals surface area (Å²) in [6, 6.07) is 2.20. The van der Waals surface area contributed by atoms with Crippen molar-refractivity contribution in [1.82, 2.24) is 4.98 Å². The molecule has 1 heterocycles. The molecule has 2 rings (SSSR count). The lowest BCUT2D eigenvalue weighted by Gasteiger charge is -2.24. The third kappa shape index (κ3) is 3.92. The van der Waals surface area contributed by atoms with E-state index in [4.69, 9.17) is 23.2 Å². The molecular weight excluding hydrogens is 293 g/mol. The second kappa shape index (κ2) is 7.37. The lowest BCUT2D eigenvalue weighted by molar-refractivity contribution is 0.456. The van der Waals surface area contributed by atoms with Crippen LogP contribution in [0.4, 0.5) is 11.6 Å². The van der Waals surface area contributed by atoms with E-state index < -0.39 is 0 Å². The molecule has 0 radical (unpaired) electrons. The number of anilines is 2. The number of rotatable bonds is 4. The number of hydrogen-bond donors (Lipinski definition) is 2. The Hall–Kier alpha value is -0.670. The Bertz CT molecular complexity index is 451. The molecule has 1 aromatic rings. The summed E-state index contributed by atoms with van der Waals surface area (Å²) < 4.78 is 0. The van der Waals surface area contributed by atoms with E-state index in [0.29, 0.717) is 27.8 Å². The molecule has 1 saturated carbocycles. The van der Waals surface area contributed by atoms with Gasteiger partial charge in [0.25, 0.3) is 0 Å². The smallest absolute Gasteiger partial charge is 0.147 e. The number of pyridine rings is 1. The molecule has 0 saturated heterocycles. The second-order valence-corrected chi connectivity index (χ2v) is 6.36. The molecule has 0 amide bonds. The number of halogens is 2. The van der Waals surface area contributed by atoms with Gasteiger partial charge in [-0.2, -0.15) is 0 Å². The zero-order valence-corrected chi connectivity index (χ0v) is 13.7. The van der Waals surface area contributed by atoms with E-state index >= 15 is 0 Å². The highest BCUT2D eigenvalue weighted by Crippen LogP contribution is 2.32. The molecule has 1 aliphatic carbocycles. The minimum absolute atomic E-state index is 0.443. The van der Waals surface area contributed by atoms with Crippen LogP contribution in [-0.2, 0) is 0 Å². The van der Waals surface area contributed by atoms with Gasteiger partial charge >= 0.3 is 0 Å². The first-order valence-corrected chi connectivity index (χ1v) is 8.23. The van der Waals surface area contributed by atoms with Crippen molar-refractivity contribution in [3.8, 4) is 0 Å². The van der Waals surface area contributed by atoms with Crippen molar-refractivity contribution < 1.29 is 0 Å². The largest absolute Gasteiger partial charge is 0.369 e. The molecule has 0 aromatic carbocycles. The second-order valence-electron chi connectivity index (χ2n) is 5.55. The van der Waals surface area contributed by atoms with Crippen molar-refractivity contribution in [3.05, 3.63) is 16.1 Å². The molecule has 3 nitrogen and oxygen atoms in total. The van der Waals surface area contributed by atoms with Gasteiger partial charge in [0.15, 0.2) is 0 Å². The monoisotopic (exact) mass is 315 g/mol. The topological polar surface area (TPSA) is 37.0 Å². The van der Waals surface area contributed by atoms with Crippen LogP contribution in [-0.4, -0.2) is 17.6 Å². The maximum Gasteiger partial charge on any atom is 0.147 e. The molecule has 1 aromatic heterocycles. The quantitative estimate of drug-likeness (QED) is 0.750. The summed E-state index contributed by atoms with van der Waals surface area (Å²) in [4.78, 5) is 4.53. The van der Waals surface area contributed by atoms with Crippen LogP contribution in [0.15, 0.2) is 6.07 Å². The van der Waals surface area contributed by atoms with Gasteiger partial charge in [0.2, 0.25) is 0 Å². The first kappa shape index (κ1) is 15.7. The molecule has 1 fully saturated rings. The molecular formula is C15H23Cl2N3. The fourth-order valence-electron chi connectivity index (χ4n) is 2.74. The molecule has 2 atom stereocenters. The lowest BCUT2D eigenvalue weighted by atomic mass is 9.97. The molecule has 2 unspecified atom stereocenters. The van der Waals surface area contributed by atoms with Gasteiger partial charge in [0.1, 0.15) is 11.6 Å². The van der Waals surface area contributed by atoms with Gasteiger partial charge in [-0.15, -0.1) is 0 Å². The summed E-state index contributed by atoms with van der Waals surface area (Å²) in [5.74, 6) is 2.08. The van der Waals surface area contributed by atoms with Gasteiger partial charge in [-0.3, -0.25) is 0 Å². The van der Waals surface area contributed by atoms with E-state index in [1.54, 1.807) is 6.07 Å². The van der Waals surface area contributed by atoms with Gasteiger partial charge in [-0.1, -0.05) is 49.4 Å². The first-order valence-electron chi connectivity index (χ1n) is 7.48. The normalized spacial score (nSPS) is 23.2. The van der Waals surface area contributed by atoms with Gasteiger partial charge in [-0.25, -0.2) is 4.98 Å². The van der Waals surface area contributed by atoms with Crippen molar-refractivity contribution in [2.45, 2.75) is 52.0 Å². The van der Waals surface area contributed by atoms with Crippen LogP contribution in [0.3, 0.4) is 0 Å². The summed E-state index contributed by atoms with van der Waals surface area (Å²) in [6.07, 6.45) is 6.37. The summed E-state index contributed by atoms with van der Waals surface area (Å²) >= 11 is 12.4. The van der Waals surface area contributed by atoms with E-state index in [2.05, 4.69) is 22.5 Å². The highest BCUT2D eigenvalue weighted by Gasteiger charge is 2.21. The van der Waals surface area contributed by atoms with Crippen molar-refractivity contribution in [2.24, 2.45) is 5.92 Å². The fraction of sp³-hybridized carbons (Fsp3) is 0.667. The van der Waals surface area contributed by atoms with Crippen LogP contribution in [0.1, 0.15) is 46.0 Å². The number of hydrogen-bond acceptors (Lipinski definition) is 3. The van der Waals surface area contributed by atoms with Crippen molar-refractivity contribution >= 4 is 34.8 Å². The van der Waals surface area contributed by atoms with Crippen LogP contribution in [0.5, 0.6) is 0 Å². The van der Waals surface area contributed by atoms with Crippen molar-refractivity contribution in [1.29, 1.82) is 0 Å². The third-order valence-electron chi connectivity index (χ3n) is 3.96. The molecule has 5 heteroatoms. The number of nitrogens with zero attached hydrogens (tertiary/aromatic N) is 1. The predicted octanol–water partition coefficient (Wildman–Crippen LogP) is 5.20. The molecule has 0 spiro atoms. The van der Waals surface area contributed by atoms with Crippen molar-refractivity contribution in [2.75, 3.05) is 17.2 Å². The van der Waals surface area contributed by atoms with E-state index in [1.807, 2.05) is 6.92 Å². The van der Waals surface area contributed by atoms with Crippen LogP contribution in [0.2, 0.25) is 10.0 Å². The summed E-state index contributed by atoms with van der Waals surface area (Å²) in [5.41, 5.74) is 0. The highest BCUT2D eigenvalue weighted by molar-refractivity contribution is 6.37. The maximum atomic E-state index is 6.27. The number of aromatic nitrogens is 1. The van der Waals surface area contributed by atoms with Crippen LogP contribution >= 0.6 is 23.2 Å². The zero-order chi connectivity index (χ0) is 14.5. The standard InChI is InChI=1S/C15H23Cl2N3/c1-3-18-14-11(16)9-12(17)15(20-14)19-13-8-6-4-5-7-10(13)2/h9-10,13H,3-8H2,1-2H3,(H2,18,19,20). The minimum atomic E-state index is 0.443. The van der Waals surface area contributed by atoms with E-state index in [1.165, 1.54) is 32.1 Å². The van der Waals surface area contributed by atoms with Crippen LogP contribution in [0, 0.1) is 5.92 Å². The van der Waals surface area contributed by atoms with Gasteiger partial charge in [0.05, 0.1) is 10.0 Å². The highest BCUT2D eigenvalue weighted by atomic mass is 35.5. The summed E-state index contributed by atoms with van der Waals surface area (Å²) in [6.45, 7) is 5.11. The molecule has 2 N–H and O–H groups in total. The Morgan fingerprint density at radius 3 is 2.60 bits per heavy atom. The summed E-state index contributed by atoms with van der Waals surface area (Å²) in [7, 11) is 0. The Labute approximate surface area is 131 Å². The molecule has 0 bridgehead atoms. The predicted molar refractivity (Wildman–Crippen MR) is 88.1 cm³/mol. The first-order chi connectivity index (χ1) is 9.61. The van der Waals surface area contributed by atoms with E-state index in [-0.39, 0.29) is 0 Å². The lowest BCUT2D eigenvalue weighted by Crippen LogP contribution is -2.27. The van der Waals surface area contributed by atoms with Crippen LogP contribution in [0.25, 0.3) is 0 Å². The molecule has 112 valence electrons. The summed E-state index contributed by atoms with van der Waals surface area (Å²) in [5, 5.41) is 7.84. The van der Waals surface area contributed by atoms with Crippen molar-refractivity contribution in [3.63, 3.8) is 0 Å². The minimum Gasteiger partial charge on any atom is -0.369 e. The third-order valence-corrected chi connectivity index (χ3v) is 4.53. The number of nitrogens with one attached hydrogen (secondary N) is 2. The average molecular weight is 316 g/mol. The van der Waals surface area contributed by atoms with Gasteiger partial charge < -0.3 is 10.6 Å². The Morgan fingerprint density at radius 1 is 1.15 bits per heavy atom. The molecule has 1 aliphatic rings.